The summed E-state index contributed by atoms with van der Waals surface area (Å²) in [5.41, 5.74) is 3.08. The molecule has 8 rings (SSSR count). The van der Waals surface area contributed by atoms with Crippen molar-refractivity contribution >= 4 is 48.9 Å². The number of hydrogen-bond acceptors (Lipinski definition) is 7. The topological polar surface area (TPSA) is 134 Å². The number of aliphatic hydroxyl groups is 1. The first-order chi connectivity index (χ1) is 26.3. The van der Waals surface area contributed by atoms with Crippen LogP contribution in [0.15, 0.2) is 91.0 Å². The maximum absolute atomic E-state index is 16.6. The van der Waals surface area contributed by atoms with Crippen LogP contribution in [0.5, 0.6) is 0 Å². The van der Waals surface area contributed by atoms with E-state index < -0.39 is 48.4 Å². The molecule has 55 heavy (non-hydrogen) atoms. The number of fused-ring (bicyclic) bond motifs is 4. The number of amides is 3. The number of rotatable bonds is 8. The number of carbonyl (C=O) groups excluding carboxylic acids is 3. The molecule has 0 aliphatic carbocycles. The van der Waals surface area contributed by atoms with Gasteiger partial charge < -0.3 is 23.8 Å². The van der Waals surface area contributed by atoms with E-state index in [1.165, 1.54) is 23.1 Å². The first-order valence-electron chi connectivity index (χ1n) is 18.8. The van der Waals surface area contributed by atoms with E-state index in [1.807, 2.05) is 72.8 Å². The van der Waals surface area contributed by atoms with Crippen molar-refractivity contribution in [3.8, 4) is 0 Å². The van der Waals surface area contributed by atoms with Gasteiger partial charge in [0.2, 0.25) is 20.2 Å². The lowest BCUT2D eigenvalue weighted by Gasteiger charge is -2.37. The van der Waals surface area contributed by atoms with Gasteiger partial charge in [-0.3, -0.25) is 29.4 Å². The predicted octanol–water partition coefficient (Wildman–Crippen LogP) is 6.86. The third-order valence-corrected chi connectivity index (χ3v) is 14.5. The van der Waals surface area contributed by atoms with E-state index >= 15 is 8.90 Å². The van der Waals surface area contributed by atoms with Crippen LogP contribution in [0.25, 0.3) is 0 Å². The molecule has 5 atom stereocenters. The van der Waals surface area contributed by atoms with Crippen molar-refractivity contribution in [1.82, 2.24) is 4.90 Å². The molecule has 1 saturated heterocycles. The van der Waals surface area contributed by atoms with E-state index in [-0.39, 0.29) is 49.2 Å². The Kier molecular flexibility index (Phi) is 9.22. The number of nitro groups is 1. The molecule has 0 unspecified atom stereocenters. The minimum atomic E-state index is -3.68. The summed E-state index contributed by atoms with van der Waals surface area (Å²) in [5, 5.41) is 22.4. The van der Waals surface area contributed by atoms with Crippen molar-refractivity contribution in [2.24, 2.45) is 5.92 Å². The maximum Gasteiger partial charge on any atom is 0.269 e. The fraction of sp³-hybridized carbons (Fsp3) is 0.357. The van der Waals surface area contributed by atoms with E-state index in [0.29, 0.717) is 36.2 Å². The molecule has 1 N–H and O–H groups in total. The number of halogens is 1. The highest BCUT2D eigenvalue weighted by Crippen LogP contribution is 2.61. The molecule has 0 saturated carbocycles. The Bertz CT molecular complexity index is 2230. The van der Waals surface area contributed by atoms with Gasteiger partial charge in [0.25, 0.3) is 11.6 Å². The number of ether oxygens (including phenoxy) is 1. The zero-order valence-electron chi connectivity index (χ0n) is 31.0. The van der Waals surface area contributed by atoms with Gasteiger partial charge in [-0.2, -0.15) is 0 Å². The summed E-state index contributed by atoms with van der Waals surface area (Å²) in [7, 11) is -3.68. The summed E-state index contributed by atoms with van der Waals surface area (Å²) < 4.78 is 23.4. The molecule has 13 heteroatoms. The second-order valence-electron chi connectivity index (χ2n) is 15.7. The minimum absolute atomic E-state index is 0.0402. The summed E-state index contributed by atoms with van der Waals surface area (Å²) in [6.45, 7) is 4.92. The highest BCUT2D eigenvalue weighted by molar-refractivity contribution is 6.72. The first kappa shape index (κ1) is 36.7. The predicted molar refractivity (Wildman–Crippen MR) is 207 cm³/mol. The molecule has 0 bridgehead atoms. The summed E-state index contributed by atoms with van der Waals surface area (Å²) in [6, 6.07) is 26.6. The lowest BCUT2D eigenvalue weighted by atomic mass is 9.82. The molecular formula is C42H43FN4O7Si. The molecule has 3 amide bonds. The Morgan fingerprint density at radius 3 is 2.42 bits per heavy atom. The van der Waals surface area contributed by atoms with E-state index in [9.17, 15) is 24.8 Å². The number of carbonyl (C=O) groups is 3. The lowest BCUT2D eigenvalue weighted by molar-refractivity contribution is -0.385. The number of para-hydroxylation sites is 1. The van der Waals surface area contributed by atoms with Gasteiger partial charge in [0.05, 0.1) is 48.0 Å². The third kappa shape index (κ3) is 6.14. The van der Waals surface area contributed by atoms with Crippen molar-refractivity contribution in [2.45, 2.75) is 82.1 Å². The van der Waals surface area contributed by atoms with Gasteiger partial charge in [0.1, 0.15) is 0 Å². The Balaban J connectivity index is 1.15. The fourth-order valence-electron chi connectivity index (χ4n) is 9.53. The Hall–Kier alpha value is -5.24. The minimum Gasteiger partial charge on any atom is -0.394 e. The first-order valence-corrected chi connectivity index (χ1v) is 21.7. The molecule has 1 fully saturated rings. The van der Waals surface area contributed by atoms with Gasteiger partial charge in [-0.25, -0.2) is 0 Å². The molecule has 4 aliphatic heterocycles. The van der Waals surface area contributed by atoms with E-state index in [1.54, 1.807) is 29.8 Å². The van der Waals surface area contributed by atoms with Crippen LogP contribution >= 0.6 is 0 Å². The number of nitro benzene ring substituents is 1. The number of hydrogen-bond donors (Lipinski definition) is 1. The number of aliphatic hydroxyl groups excluding tert-OH is 1. The van der Waals surface area contributed by atoms with Crippen LogP contribution in [0, 0.1) is 16.0 Å². The van der Waals surface area contributed by atoms with Crippen molar-refractivity contribution in [1.29, 1.82) is 0 Å². The smallest absolute Gasteiger partial charge is 0.269 e. The van der Waals surface area contributed by atoms with Crippen molar-refractivity contribution in [3.05, 3.63) is 129 Å². The van der Waals surface area contributed by atoms with E-state index in [2.05, 4.69) is 0 Å². The average Bonchev–Trinajstić information content (AvgIpc) is 3.59. The molecular weight excluding hydrogens is 720 g/mol. The van der Waals surface area contributed by atoms with Crippen LogP contribution in [-0.4, -0.2) is 59.8 Å². The number of non-ortho nitro benzene ring substituents is 1. The Morgan fingerprint density at radius 2 is 1.69 bits per heavy atom. The van der Waals surface area contributed by atoms with Gasteiger partial charge in [-0.15, -0.1) is 0 Å². The second kappa shape index (κ2) is 13.8. The van der Waals surface area contributed by atoms with Crippen LogP contribution in [-0.2, 0) is 50.7 Å². The standard InChI is InChI=1S/C42H43FN4O7Si/c1-26-40(55(2,3)43)37(22-39(50)44-24-30-12-5-4-11-29(30)20-33(44)25-48)54-42(26)34-21-32(47(52)53)16-17-36(34)45(41(42)51)23-27-9-8-13-31(19-27)46-35-14-7-6-10-28(35)15-18-38(46)49/h4-14,16-17,19,21,26,33,37,40,48H,15,18,20,22-25H2,1-3H3/t26-,33+,37+,40-,42+/m1/s1. The molecule has 0 aromatic heterocycles. The quantitative estimate of drug-likeness (QED) is 0.0898. The third-order valence-electron chi connectivity index (χ3n) is 12.0. The van der Waals surface area contributed by atoms with Crippen molar-refractivity contribution < 1.29 is 33.3 Å². The van der Waals surface area contributed by atoms with E-state index in [0.717, 1.165) is 22.4 Å². The van der Waals surface area contributed by atoms with Gasteiger partial charge in [-0.05, 0) is 72.5 Å². The number of anilines is 3. The Labute approximate surface area is 319 Å². The van der Waals surface area contributed by atoms with Crippen LogP contribution < -0.4 is 9.80 Å². The molecule has 1 spiro atoms. The van der Waals surface area contributed by atoms with Crippen LogP contribution in [0.1, 0.15) is 47.6 Å². The summed E-state index contributed by atoms with van der Waals surface area (Å²) in [4.78, 5) is 58.9. The fourth-order valence-corrected chi connectivity index (χ4v) is 12.0. The summed E-state index contributed by atoms with van der Waals surface area (Å²) in [6.07, 6.45) is 0.259. The van der Waals surface area contributed by atoms with E-state index in [4.69, 9.17) is 4.74 Å². The molecule has 4 aromatic rings. The highest BCUT2D eigenvalue weighted by Gasteiger charge is 2.67. The molecule has 4 aliphatic rings. The molecule has 11 nitrogen and oxygen atoms in total. The van der Waals surface area contributed by atoms with Crippen molar-refractivity contribution in [3.63, 3.8) is 0 Å². The maximum atomic E-state index is 16.6. The molecule has 284 valence electrons. The number of nitrogens with zero attached hydrogens (tertiary/aromatic N) is 4. The molecule has 4 aromatic carbocycles. The normalized spacial score (nSPS) is 24.6. The largest absolute Gasteiger partial charge is 0.394 e. The van der Waals surface area contributed by atoms with Crippen molar-refractivity contribution in [2.75, 3.05) is 16.4 Å². The zero-order chi connectivity index (χ0) is 38.8. The molecule has 0 radical (unpaired) electrons. The van der Waals surface area contributed by atoms with Gasteiger partial charge in [-0.1, -0.05) is 61.5 Å². The zero-order valence-corrected chi connectivity index (χ0v) is 32.0. The van der Waals surface area contributed by atoms with Gasteiger partial charge in [0, 0.05) is 47.8 Å². The van der Waals surface area contributed by atoms with Crippen LogP contribution in [0.3, 0.4) is 0 Å². The molecule has 4 heterocycles. The average molecular weight is 763 g/mol. The van der Waals surface area contributed by atoms with Gasteiger partial charge >= 0.3 is 0 Å². The number of aryl methyl sites for hydroxylation is 1. The van der Waals surface area contributed by atoms with Crippen LogP contribution in [0.4, 0.5) is 26.9 Å². The SMILES string of the molecule is C[C@@H]1[C@@H]([Si](C)(C)F)[C@H](CC(=O)N2Cc3ccccc3C[C@H]2CO)O[C@@]12C(=O)N(Cc1cccc(N3C(=O)CCc4ccccc43)c1)c1ccc([N+](=O)[O-])cc12. The highest BCUT2D eigenvalue weighted by atomic mass is 28.4. The monoisotopic (exact) mass is 762 g/mol. The second-order valence-corrected chi connectivity index (χ2v) is 19.5. The van der Waals surface area contributed by atoms with Gasteiger partial charge in [0.15, 0.2) is 5.60 Å². The number of benzene rings is 4. The van der Waals surface area contributed by atoms with Crippen LogP contribution in [0.2, 0.25) is 18.6 Å². The lowest BCUT2D eigenvalue weighted by Crippen LogP contribution is -2.48. The summed E-state index contributed by atoms with van der Waals surface area (Å²) >= 11 is 0. The Morgan fingerprint density at radius 1 is 0.964 bits per heavy atom. The summed E-state index contributed by atoms with van der Waals surface area (Å²) in [5.74, 6) is -1.63.